The molecule has 5 heteroatoms. The number of hydrogen-bond acceptors (Lipinski definition) is 4. The summed E-state index contributed by atoms with van der Waals surface area (Å²) in [6, 6.07) is 6.50. The second kappa shape index (κ2) is 6.02. The lowest BCUT2D eigenvalue weighted by Crippen LogP contribution is -2.32. The molecule has 1 aromatic rings. The van der Waals surface area contributed by atoms with E-state index >= 15 is 0 Å². The highest BCUT2D eigenvalue weighted by molar-refractivity contribution is 7.91. The quantitative estimate of drug-likeness (QED) is 0.838. The molecule has 1 atom stereocenters. The van der Waals surface area contributed by atoms with Gasteiger partial charge >= 0.3 is 0 Å². The molecule has 1 N–H and O–H groups in total. The lowest BCUT2D eigenvalue weighted by Gasteiger charge is -2.13. The van der Waals surface area contributed by atoms with Gasteiger partial charge in [0.15, 0.2) is 9.84 Å². The van der Waals surface area contributed by atoms with Crippen molar-refractivity contribution in [2.24, 2.45) is 0 Å². The highest BCUT2D eigenvalue weighted by Crippen LogP contribution is 2.18. The smallest absolute Gasteiger partial charge is 0.180 e. The van der Waals surface area contributed by atoms with Crippen molar-refractivity contribution in [2.45, 2.75) is 24.8 Å². The number of methoxy groups -OCH3 is 1. The van der Waals surface area contributed by atoms with Crippen LogP contribution < -0.4 is 10.1 Å². The Hall–Kier alpha value is -1.07. The van der Waals surface area contributed by atoms with Gasteiger partial charge in [-0.15, -0.1) is 0 Å². The number of benzene rings is 1. The van der Waals surface area contributed by atoms with Crippen molar-refractivity contribution >= 4 is 9.84 Å². The van der Waals surface area contributed by atoms with Crippen molar-refractivity contribution < 1.29 is 13.2 Å². The van der Waals surface area contributed by atoms with E-state index in [9.17, 15) is 8.42 Å². The molecule has 0 radical (unpaired) electrons. The van der Waals surface area contributed by atoms with Crippen LogP contribution >= 0.6 is 0 Å². The Bertz CT molecular complexity index is 457. The SMILES string of the molecule is CCNC(C)CS(=O)(=O)c1cccc(OC)c1. The van der Waals surface area contributed by atoms with E-state index in [1.807, 2.05) is 13.8 Å². The largest absolute Gasteiger partial charge is 0.497 e. The molecule has 0 aromatic heterocycles. The van der Waals surface area contributed by atoms with Crippen LogP contribution in [0.25, 0.3) is 0 Å². The van der Waals surface area contributed by atoms with Crippen molar-refractivity contribution in [1.29, 1.82) is 0 Å². The normalized spacial score (nSPS) is 13.4. The maximum Gasteiger partial charge on any atom is 0.180 e. The summed E-state index contributed by atoms with van der Waals surface area (Å²) >= 11 is 0. The molecule has 4 nitrogen and oxygen atoms in total. The van der Waals surface area contributed by atoms with E-state index in [4.69, 9.17) is 4.74 Å². The molecule has 1 unspecified atom stereocenters. The molecule has 0 aliphatic carbocycles. The zero-order valence-corrected chi connectivity index (χ0v) is 11.3. The Morgan fingerprint density at radius 1 is 1.41 bits per heavy atom. The summed E-state index contributed by atoms with van der Waals surface area (Å²) in [5, 5.41) is 3.09. The Morgan fingerprint density at radius 3 is 2.71 bits per heavy atom. The summed E-state index contributed by atoms with van der Waals surface area (Å²) in [6.07, 6.45) is 0. The summed E-state index contributed by atoms with van der Waals surface area (Å²) in [5.74, 6) is 0.649. The van der Waals surface area contributed by atoms with E-state index in [0.29, 0.717) is 10.6 Å². The van der Waals surface area contributed by atoms with Gasteiger partial charge in [0, 0.05) is 6.04 Å². The Labute approximate surface area is 103 Å². The molecular weight excluding hydrogens is 238 g/mol. The van der Waals surface area contributed by atoms with Gasteiger partial charge in [-0.05, 0) is 31.7 Å². The van der Waals surface area contributed by atoms with Crippen molar-refractivity contribution in [3.63, 3.8) is 0 Å². The Balaban J connectivity index is 2.89. The zero-order valence-electron chi connectivity index (χ0n) is 10.4. The van der Waals surface area contributed by atoms with E-state index in [2.05, 4.69) is 5.32 Å². The minimum absolute atomic E-state index is 0.0591. The van der Waals surface area contributed by atoms with Crippen LogP contribution in [0.5, 0.6) is 5.75 Å². The first-order chi connectivity index (χ1) is 7.99. The average molecular weight is 257 g/mol. The molecule has 0 aliphatic heterocycles. The Morgan fingerprint density at radius 2 is 2.12 bits per heavy atom. The maximum atomic E-state index is 12.1. The van der Waals surface area contributed by atoms with Crippen LogP contribution in [0.2, 0.25) is 0 Å². The minimum Gasteiger partial charge on any atom is -0.497 e. The summed E-state index contributed by atoms with van der Waals surface area (Å²) in [4.78, 5) is 0.307. The Kier molecular flexibility index (Phi) is 4.96. The molecule has 0 heterocycles. The first kappa shape index (κ1) is 14.0. The molecule has 96 valence electrons. The second-order valence-corrected chi connectivity index (χ2v) is 5.95. The first-order valence-corrected chi connectivity index (χ1v) is 7.25. The molecule has 0 saturated carbocycles. The van der Waals surface area contributed by atoms with Gasteiger partial charge in [0.25, 0.3) is 0 Å². The van der Waals surface area contributed by atoms with Crippen molar-refractivity contribution in [3.05, 3.63) is 24.3 Å². The van der Waals surface area contributed by atoms with Gasteiger partial charge in [-0.1, -0.05) is 13.0 Å². The average Bonchev–Trinajstić information content (AvgIpc) is 2.28. The van der Waals surface area contributed by atoms with E-state index in [1.54, 1.807) is 24.3 Å². The number of nitrogens with one attached hydrogen (secondary N) is 1. The second-order valence-electron chi connectivity index (χ2n) is 3.92. The topological polar surface area (TPSA) is 55.4 Å². The molecule has 0 bridgehead atoms. The van der Waals surface area contributed by atoms with E-state index in [1.165, 1.54) is 7.11 Å². The van der Waals surface area contributed by atoms with Crippen LogP contribution in [0.15, 0.2) is 29.2 Å². The zero-order chi connectivity index (χ0) is 12.9. The monoisotopic (exact) mass is 257 g/mol. The molecule has 0 spiro atoms. The number of rotatable bonds is 6. The standard InChI is InChI=1S/C12H19NO3S/c1-4-13-10(2)9-17(14,15)12-7-5-6-11(8-12)16-3/h5-8,10,13H,4,9H2,1-3H3. The molecular formula is C12H19NO3S. The van der Waals surface area contributed by atoms with Gasteiger partial charge in [0.1, 0.15) is 5.75 Å². The highest BCUT2D eigenvalue weighted by Gasteiger charge is 2.18. The molecule has 0 aliphatic rings. The fourth-order valence-electron chi connectivity index (χ4n) is 1.63. The lowest BCUT2D eigenvalue weighted by atomic mass is 10.3. The lowest BCUT2D eigenvalue weighted by molar-refractivity contribution is 0.413. The third kappa shape index (κ3) is 4.02. The molecule has 1 aromatic carbocycles. The third-order valence-electron chi connectivity index (χ3n) is 2.42. The van der Waals surface area contributed by atoms with Gasteiger partial charge in [-0.25, -0.2) is 8.42 Å². The van der Waals surface area contributed by atoms with E-state index < -0.39 is 9.84 Å². The molecule has 17 heavy (non-hydrogen) atoms. The molecule has 0 amide bonds. The fourth-order valence-corrected chi connectivity index (χ4v) is 3.18. The first-order valence-electron chi connectivity index (χ1n) is 5.59. The summed E-state index contributed by atoms with van der Waals surface area (Å²) in [5.41, 5.74) is 0. The third-order valence-corrected chi connectivity index (χ3v) is 4.33. The highest BCUT2D eigenvalue weighted by atomic mass is 32.2. The fraction of sp³-hybridized carbons (Fsp3) is 0.500. The predicted molar refractivity (Wildman–Crippen MR) is 68.2 cm³/mol. The molecule has 0 fully saturated rings. The van der Waals surface area contributed by atoms with Gasteiger partial charge in [0.05, 0.1) is 17.8 Å². The van der Waals surface area contributed by atoms with Gasteiger partial charge in [-0.2, -0.15) is 0 Å². The summed E-state index contributed by atoms with van der Waals surface area (Å²) in [6.45, 7) is 4.57. The molecule has 0 saturated heterocycles. The summed E-state index contributed by atoms with van der Waals surface area (Å²) < 4.78 is 29.2. The van der Waals surface area contributed by atoms with Crippen LogP contribution in [0.4, 0.5) is 0 Å². The van der Waals surface area contributed by atoms with Crippen LogP contribution in [0.3, 0.4) is 0 Å². The van der Waals surface area contributed by atoms with Crippen molar-refractivity contribution in [3.8, 4) is 5.75 Å². The molecule has 1 rings (SSSR count). The van der Waals surface area contributed by atoms with Crippen molar-refractivity contribution in [1.82, 2.24) is 5.32 Å². The van der Waals surface area contributed by atoms with E-state index in [-0.39, 0.29) is 11.8 Å². The van der Waals surface area contributed by atoms with Crippen LogP contribution in [0.1, 0.15) is 13.8 Å². The van der Waals surface area contributed by atoms with Crippen LogP contribution in [0, 0.1) is 0 Å². The number of ether oxygens (including phenoxy) is 1. The van der Waals surface area contributed by atoms with Gasteiger partial charge in [0.2, 0.25) is 0 Å². The number of hydrogen-bond donors (Lipinski definition) is 1. The number of sulfone groups is 1. The van der Waals surface area contributed by atoms with Gasteiger partial charge < -0.3 is 10.1 Å². The van der Waals surface area contributed by atoms with Crippen molar-refractivity contribution in [2.75, 3.05) is 19.4 Å². The van der Waals surface area contributed by atoms with Crippen LogP contribution in [-0.2, 0) is 9.84 Å². The minimum atomic E-state index is -3.26. The van der Waals surface area contributed by atoms with Crippen LogP contribution in [-0.4, -0.2) is 33.9 Å². The predicted octanol–water partition coefficient (Wildman–Crippen LogP) is 1.47. The van der Waals surface area contributed by atoms with E-state index in [0.717, 1.165) is 6.54 Å². The van der Waals surface area contributed by atoms with Gasteiger partial charge in [-0.3, -0.25) is 0 Å². The maximum absolute atomic E-state index is 12.1. The summed E-state index contributed by atoms with van der Waals surface area (Å²) in [7, 11) is -1.74.